The minimum Gasteiger partial charge on any atom is -0.310 e. The van der Waals surface area contributed by atoms with E-state index >= 15 is 0 Å². The van der Waals surface area contributed by atoms with Gasteiger partial charge in [0.1, 0.15) is 5.82 Å². The first-order valence-corrected chi connectivity index (χ1v) is 7.29. The van der Waals surface area contributed by atoms with Gasteiger partial charge in [-0.25, -0.2) is 4.39 Å². The van der Waals surface area contributed by atoms with Crippen molar-refractivity contribution < 1.29 is 4.39 Å². The Kier molecular flexibility index (Phi) is 3.77. The second-order valence-electron chi connectivity index (χ2n) is 5.44. The number of benzene rings is 2. The van der Waals surface area contributed by atoms with Crippen LogP contribution >= 0.6 is 11.6 Å². The molecule has 1 N–H and O–H groups in total. The Bertz CT molecular complexity index is 635. The van der Waals surface area contributed by atoms with Crippen molar-refractivity contribution in [3.05, 3.63) is 58.4 Å². The fraction of sp³-hybridized carbons (Fsp3) is 0.294. The zero-order valence-corrected chi connectivity index (χ0v) is 12.2. The van der Waals surface area contributed by atoms with Gasteiger partial charge in [-0.05, 0) is 55.2 Å². The molecule has 1 fully saturated rings. The second-order valence-corrected chi connectivity index (χ2v) is 5.85. The van der Waals surface area contributed by atoms with Gasteiger partial charge in [0, 0.05) is 23.2 Å². The smallest absolute Gasteiger partial charge is 0.131 e. The van der Waals surface area contributed by atoms with Crippen LogP contribution in [0.2, 0.25) is 5.02 Å². The lowest BCUT2D eigenvalue weighted by Gasteiger charge is -2.10. The number of halogens is 2. The highest BCUT2D eigenvalue weighted by molar-refractivity contribution is 6.31. The van der Waals surface area contributed by atoms with E-state index in [1.165, 1.54) is 18.9 Å². The van der Waals surface area contributed by atoms with E-state index in [9.17, 15) is 4.39 Å². The van der Waals surface area contributed by atoms with E-state index in [4.69, 9.17) is 11.6 Å². The Labute approximate surface area is 123 Å². The molecule has 0 aromatic heterocycles. The van der Waals surface area contributed by atoms with Crippen LogP contribution in [0.4, 0.5) is 4.39 Å². The summed E-state index contributed by atoms with van der Waals surface area (Å²) in [4.78, 5) is 0. The van der Waals surface area contributed by atoms with Crippen molar-refractivity contribution in [2.24, 2.45) is 0 Å². The molecule has 1 aliphatic carbocycles. The summed E-state index contributed by atoms with van der Waals surface area (Å²) in [6.45, 7) is 2.71. The second kappa shape index (κ2) is 5.55. The van der Waals surface area contributed by atoms with Gasteiger partial charge in [0.15, 0.2) is 0 Å². The Morgan fingerprint density at radius 3 is 2.75 bits per heavy atom. The molecular weight excluding hydrogens is 273 g/mol. The van der Waals surface area contributed by atoms with Crippen molar-refractivity contribution in [1.29, 1.82) is 0 Å². The number of aryl methyl sites for hydroxylation is 1. The van der Waals surface area contributed by atoms with Crippen LogP contribution in [0.25, 0.3) is 11.1 Å². The third-order valence-corrected chi connectivity index (χ3v) is 4.01. The first-order valence-electron chi connectivity index (χ1n) is 6.92. The zero-order valence-electron chi connectivity index (χ0n) is 11.4. The van der Waals surface area contributed by atoms with Crippen molar-refractivity contribution in [3.8, 4) is 11.1 Å². The van der Waals surface area contributed by atoms with Crippen LogP contribution < -0.4 is 5.32 Å². The lowest BCUT2D eigenvalue weighted by Crippen LogP contribution is -2.15. The zero-order chi connectivity index (χ0) is 14.1. The van der Waals surface area contributed by atoms with Gasteiger partial charge < -0.3 is 5.32 Å². The van der Waals surface area contributed by atoms with Crippen molar-refractivity contribution in [1.82, 2.24) is 5.32 Å². The van der Waals surface area contributed by atoms with Gasteiger partial charge in [-0.15, -0.1) is 0 Å². The van der Waals surface area contributed by atoms with E-state index in [1.54, 1.807) is 6.07 Å². The maximum Gasteiger partial charge on any atom is 0.131 e. The van der Waals surface area contributed by atoms with E-state index in [2.05, 4.69) is 5.32 Å². The number of hydrogen-bond donors (Lipinski definition) is 1. The molecule has 1 nitrogen and oxygen atoms in total. The van der Waals surface area contributed by atoms with E-state index in [0.717, 1.165) is 28.3 Å². The fourth-order valence-electron chi connectivity index (χ4n) is 2.28. The van der Waals surface area contributed by atoms with Crippen LogP contribution in [0.3, 0.4) is 0 Å². The van der Waals surface area contributed by atoms with Crippen LogP contribution in [0.1, 0.15) is 24.0 Å². The molecule has 0 amide bonds. The molecule has 0 unspecified atom stereocenters. The summed E-state index contributed by atoms with van der Waals surface area (Å²) < 4.78 is 14.0. The monoisotopic (exact) mass is 289 g/mol. The predicted molar refractivity (Wildman–Crippen MR) is 81.4 cm³/mol. The van der Waals surface area contributed by atoms with Gasteiger partial charge in [-0.1, -0.05) is 29.3 Å². The molecule has 3 rings (SSSR count). The van der Waals surface area contributed by atoms with Crippen LogP contribution in [-0.2, 0) is 6.54 Å². The average molecular weight is 290 g/mol. The summed E-state index contributed by atoms with van der Waals surface area (Å²) in [7, 11) is 0. The summed E-state index contributed by atoms with van der Waals surface area (Å²) in [5.41, 5.74) is 3.59. The van der Waals surface area contributed by atoms with Gasteiger partial charge in [0.05, 0.1) is 0 Å². The quantitative estimate of drug-likeness (QED) is 0.860. The molecule has 0 radical (unpaired) electrons. The molecule has 20 heavy (non-hydrogen) atoms. The van der Waals surface area contributed by atoms with Crippen LogP contribution in [0.15, 0.2) is 36.4 Å². The molecular formula is C17H17ClFN. The molecule has 2 aromatic carbocycles. The van der Waals surface area contributed by atoms with Crippen LogP contribution in [0, 0.1) is 12.7 Å². The summed E-state index contributed by atoms with van der Waals surface area (Å²) >= 11 is 6.22. The summed E-state index contributed by atoms with van der Waals surface area (Å²) in [5, 5.41) is 4.17. The fourth-order valence-corrected chi connectivity index (χ4v) is 2.46. The SMILES string of the molecule is Cc1ccc(F)c(-c2ccc(Cl)c(CNC3CC3)c2)c1. The van der Waals surface area contributed by atoms with Crippen LogP contribution in [-0.4, -0.2) is 6.04 Å². The highest BCUT2D eigenvalue weighted by atomic mass is 35.5. The average Bonchev–Trinajstić information content (AvgIpc) is 3.25. The van der Waals surface area contributed by atoms with Crippen molar-refractivity contribution in [2.45, 2.75) is 32.4 Å². The highest BCUT2D eigenvalue weighted by Gasteiger charge is 2.20. The maximum atomic E-state index is 14.0. The van der Waals surface area contributed by atoms with Gasteiger partial charge in [0.25, 0.3) is 0 Å². The molecule has 2 aromatic rings. The molecule has 0 aliphatic heterocycles. The summed E-state index contributed by atoms with van der Waals surface area (Å²) in [5.74, 6) is -0.195. The third kappa shape index (κ3) is 3.02. The molecule has 0 bridgehead atoms. The highest BCUT2D eigenvalue weighted by Crippen LogP contribution is 2.29. The Hall–Kier alpha value is -1.38. The minimum absolute atomic E-state index is 0.195. The van der Waals surface area contributed by atoms with Gasteiger partial charge in [-0.3, -0.25) is 0 Å². The minimum atomic E-state index is -0.195. The molecule has 0 spiro atoms. The molecule has 1 saturated carbocycles. The first kappa shape index (κ1) is 13.6. The molecule has 0 heterocycles. The van der Waals surface area contributed by atoms with Gasteiger partial charge in [0.2, 0.25) is 0 Å². The Morgan fingerprint density at radius 2 is 2.00 bits per heavy atom. The standard InChI is InChI=1S/C17H17ClFN/c1-11-2-7-17(19)15(8-11)12-3-6-16(18)13(9-12)10-20-14-4-5-14/h2-3,6-9,14,20H,4-5,10H2,1H3. The molecule has 104 valence electrons. The maximum absolute atomic E-state index is 14.0. The van der Waals surface area contributed by atoms with Crippen molar-refractivity contribution in [3.63, 3.8) is 0 Å². The molecule has 1 aliphatic rings. The molecule has 0 atom stereocenters. The number of nitrogens with one attached hydrogen (secondary N) is 1. The Morgan fingerprint density at radius 1 is 1.20 bits per heavy atom. The normalized spacial score (nSPS) is 14.6. The number of hydrogen-bond acceptors (Lipinski definition) is 1. The van der Waals surface area contributed by atoms with Crippen molar-refractivity contribution >= 4 is 11.6 Å². The molecule has 0 saturated heterocycles. The van der Waals surface area contributed by atoms with E-state index in [-0.39, 0.29) is 5.82 Å². The lowest BCUT2D eigenvalue weighted by atomic mass is 10.0. The van der Waals surface area contributed by atoms with E-state index in [1.807, 2.05) is 31.2 Å². The summed E-state index contributed by atoms with van der Waals surface area (Å²) in [6.07, 6.45) is 2.48. The third-order valence-electron chi connectivity index (χ3n) is 3.64. The topological polar surface area (TPSA) is 12.0 Å². The van der Waals surface area contributed by atoms with Gasteiger partial charge in [-0.2, -0.15) is 0 Å². The number of rotatable bonds is 4. The van der Waals surface area contributed by atoms with Crippen LogP contribution in [0.5, 0.6) is 0 Å². The lowest BCUT2D eigenvalue weighted by molar-refractivity contribution is 0.631. The van der Waals surface area contributed by atoms with Gasteiger partial charge >= 0.3 is 0 Å². The Balaban J connectivity index is 1.92. The predicted octanol–water partition coefficient (Wildman–Crippen LogP) is 4.71. The largest absolute Gasteiger partial charge is 0.310 e. The van der Waals surface area contributed by atoms with Crippen molar-refractivity contribution in [2.75, 3.05) is 0 Å². The van der Waals surface area contributed by atoms with E-state index < -0.39 is 0 Å². The molecule has 3 heteroatoms. The summed E-state index contributed by atoms with van der Waals surface area (Å²) in [6, 6.07) is 11.5. The van der Waals surface area contributed by atoms with E-state index in [0.29, 0.717) is 11.6 Å². The first-order chi connectivity index (χ1) is 9.63.